The van der Waals surface area contributed by atoms with Crippen molar-refractivity contribution in [1.29, 1.82) is 0 Å². The van der Waals surface area contributed by atoms with Gasteiger partial charge in [-0.05, 0) is 24.6 Å². The highest BCUT2D eigenvalue weighted by Crippen LogP contribution is 2.19. The van der Waals surface area contributed by atoms with Gasteiger partial charge in [-0.15, -0.1) is 18.3 Å². The second kappa shape index (κ2) is 7.14. The van der Waals surface area contributed by atoms with Crippen LogP contribution in [0.1, 0.15) is 18.5 Å². The molecule has 17 heavy (non-hydrogen) atoms. The SMILES string of the molecule is C=CCNC(=O)CSc1ccc(C(C)N)cc1. The largest absolute Gasteiger partial charge is 0.352 e. The van der Waals surface area contributed by atoms with Gasteiger partial charge in [-0.2, -0.15) is 0 Å². The summed E-state index contributed by atoms with van der Waals surface area (Å²) in [6, 6.07) is 8.02. The number of carbonyl (C=O) groups excluding carboxylic acids is 1. The molecule has 0 saturated heterocycles. The first-order chi connectivity index (χ1) is 8.13. The predicted octanol–water partition coefficient (Wildman–Crippen LogP) is 2.10. The molecule has 0 aliphatic carbocycles. The van der Waals surface area contributed by atoms with E-state index in [2.05, 4.69) is 11.9 Å². The normalized spacial score (nSPS) is 11.9. The number of nitrogens with two attached hydrogens (primary N) is 1. The maximum absolute atomic E-state index is 11.4. The Labute approximate surface area is 106 Å². The fourth-order valence-electron chi connectivity index (χ4n) is 1.25. The van der Waals surface area contributed by atoms with Crippen LogP contribution in [0.2, 0.25) is 0 Å². The third kappa shape index (κ3) is 5.06. The molecule has 0 bridgehead atoms. The van der Waals surface area contributed by atoms with E-state index in [0.29, 0.717) is 12.3 Å². The minimum absolute atomic E-state index is 0.0196. The molecular weight excluding hydrogens is 232 g/mol. The van der Waals surface area contributed by atoms with Gasteiger partial charge in [0.25, 0.3) is 0 Å². The standard InChI is InChI=1S/C13H18N2OS/c1-3-8-15-13(16)9-17-12-6-4-11(5-7-12)10(2)14/h3-7,10H,1,8-9,14H2,2H3,(H,15,16). The second-order valence-electron chi connectivity index (χ2n) is 3.74. The molecular formula is C13H18N2OS. The first-order valence-corrected chi connectivity index (χ1v) is 6.48. The summed E-state index contributed by atoms with van der Waals surface area (Å²) in [5, 5.41) is 2.73. The van der Waals surface area contributed by atoms with Crippen LogP contribution < -0.4 is 11.1 Å². The van der Waals surface area contributed by atoms with Gasteiger partial charge in [0.1, 0.15) is 0 Å². The lowest BCUT2D eigenvalue weighted by Crippen LogP contribution is -2.24. The Kier molecular flexibility index (Phi) is 5.80. The number of carbonyl (C=O) groups is 1. The Bertz CT molecular complexity index is 374. The van der Waals surface area contributed by atoms with Crippen LogP contribution in [0.25, 0.3) is 0 Å². The third-order valence-electron chi connectivity index (χ3n) is 2.22. The Hall–Kier alpha value is -1.26. The number of hydrogen-bond donors (Lipinski definition) is 2. The number of hydrogen-bond acceptors (Lipinski definition) is 3. The lowest BCUT2D eigenvalue weighted by atomic mass is 10.1. The summed E-state index contributed by atoms with van der Waals surface area (Å²) in [6.45, 7) is 6.01. The molecule has 1 aromatic rings. The molecule has 4 heteroatoms. The second-order valence-corrected chi connectivity index (χ2v) is 4.79. The van der Waals surface area contributed by atoms with E-state index in [1.165, 1.54) is 11.8 Å². The average molecular weight is 250 g/mol. The molecule has 0 aliphatic rings. The summed E-state index contributed by atoms with van der Waals surface area (Å²) in [6.07, 6.45) is 1.67. The van der Waals surface area contributed by atoms with Crippen LogP contribution in [0.3, 0.4) is 0 Å². The topological polar surface area (TPSA) is 55.1 Å². The van der Waals surface area contributed by atoms with E-state index in [-0.39, 0.29) is 11.9 Å². The minimum atomic E-state index is 0.0196. The molecule has 0 fully saturated rings. The molecule has 1 amide bonds. The van der Waals surface area contributed by atoms with E-state index in [1.807, 2.05) is 31.2 Å². The Morgan fingerprint density at radius 1 is 1.53 bits per heavy atom. The lowest BCUT2D eigenvalue weighted by Gasteiger charge is -2.06. The number of nitrogens with one attached hydrogen (secondary N) is 1. The van der Waals surface area contributed by atoms with Gasteiger partial charge < -0.3 is 11.1 Å². The van der Waals surface area contributed by atoms with E-state index >= 15 is 0 Å². The minimum Gasteiger partial charge on any atom is -0.352 e. The first-order valence-electron chi connectivity index (χ1n) is 5.49. The molecule has 1 atom stereocenters. The van der Waals surface area contributed by atoms with Gasteiger partial charge >= 0.3 is 0 Å². The molecule has 1 aromatic carbocycles. The maximum Gasteiger partial charge on any atom is 0.230 e. The predicted molar refractivity (Wildman–Crippen MR) is 73.0 cm³/mol. The van der Waals surface area contributed by atoms with Crippen LogP contribution in [-0.2, 0) is 4.79 Å². The molecule has 0 aromatic heterocycles. The van der Waals surface area contributed by atoms with Crippen LogP contribution in [0.5, 0.6) is 0 Å². The van der Waals surface area contributed by atoms with Crippen molar-refractivity contribution < 1.29 is 4.79 Å². The quantitative estimate of drug-likeness (QED) is 0.600. The van der Waals surface area contributed by atoms with E-state index in [4.69, 9.17) is 5.73 Å². The molecule has 0 spiro atoms. The molecule has 1 rings (SSSR count). The van der Waals surface area contributed by atoms with E-state index in [0.717, 1.165) is 10.5 Å². The van der Waals surface area contributed by atoms with Crippen molar-refractivity contribution >= 4 is 17.7 Å². The Morgan fingerprint density at radius 3 is 2.71 bits per heavy atom. The van der Waals surface area contributed by atoms with Gasteiger partial charge in [0.15, 0.2) is 0 Å². The van der Waals surface area contributed by atoms with Crippen molar-refractivity contribution in [1.82, 2.24) is 5.32 Å². The molecule has 1 unspecified atom stereocenters. The zero-order valence-electron chi connectivity index (χ0n) is 9.98. The van der Waals surface area contributed by atoms with Gasteiger partial charge in [0.2, 0.25) is 5.91 Å². The number of benzene rings is 1. The van der Waals surface area contributed by atoms with Crippen LogP contribution in [-0.4, -0.2) is 18.2 Å². The number of rotatable bonds is 6. The van der Waals surface area contributed by atoms with Crippen molar-refractivity contribution in [2.45, 2.75) is 17.9 Å². The molecule has 3 N–H and O–H groups in total. The van der Waals surface area contributed by atoms with Crippen LogP contribution >= 0.6 is 11.8 Å². The smallest absolute Gasteiger partial charge is 0.230 e. The van der Waals surface area contributed by atoms with Crippen LogP contribution in [0.15, 0.2) is 41.8 Å². The van der Waals surface area contributed by atoms with Crippen molar-refractivity contribution in [2.75, 3.05) is 12.3 Å². The number of thioether (sulfide) groups is 1. The molecule has 0 heterocycles. The zero-order valence-corrected chi connectivity index (χ0v) is 10.8. The van der Waals surface area contributed by atoms with Crippen molar-refractivity contribution in [3.63, 3.8) is 0 Å². The van der Waals surface area contributed by atoms with Gasteiger partial charge in [0, 0.05) is 17.5 Å². The summed E-state index contributed by atoms with van der Waals surface area (Å²) < 4.78 is 0. The van der Waals surface area contributed by atoms with Crippen molar-refractivity contribution in [3.05, 3.63) is 42.5 Å². The monoisotopic (exact) mass is 250 g/mol. The maximum atomic E-state index is 11.4. The molecule has 92 valence electrons. The summed E-state index contributed by atoms with van der Waals surface area (Å²) in [5.41, 5.74) is 6.86. The third-order valence-corrected chi connectivity index (χ3v) is 3.23. The summed E-state index contributed by atoms with van der Waals surface area (Å²) in [5.74, 6) is 0.442. The summed E-state index contributed by atoms with van der Waals surface area (Å²) in [4.78, 5) is 12.4. The van der Waals surface area contributed by atoms with Gasteiger partial charge in [-0.3, -0.25) is 4.79 Å². The fraction of sp³-hybridized carbons (Fsp3) is 0.308. The lowest BCUT2D eigenvalue weighted by molar-refractivity contribution is -0.118. The summed E-state index contributed by atoms with van der Waals surface area (Å²) >= 11 is 1.51. The molecule has 0 saturated carbocycles. The molecule has 0 aliphatic heterocycles. The highest BCUT2D eigenvalue weighted by Gasteiger charge is 2.02. The van der Waals surface area contributed by atoms with Gasteiger partial charge in [-0.1, -0.05) is 18.2 Å². The van der Waals surface area contributed by atoms with Crippen molar-refractivity contribution in [3.8, 4) is 0 Å². The van der Waals surface area contributed by atoms with E-state index < -0.39 is 0 Å². The average Bonchev–Trinajstić information content (AvgIpc) is 2.34. The van der Waals surface area contributed by atoms with E-state index in [9.17, 15) is 4.79 Å². The first kappa shape index (κ1) is 13.8. The van der Waals surface area contributed by atoms with Gasteiger partial charge in [0.05, 0.1) is 5.75 Å². The highest BCUT2D eigenvalue weighted by atomic mass is 32.2. The Balaban J connectivity index is 2.41. The highest BCUT2D eigenvalue weighted by molar-refractivity contribution is 8.00. The summed E-state index contributed by atoms with van der Waals surface area (Å²) in [7, 11) is 0. The van der Waals surface area contributed by atoms with Crippen LogP contribution in [0, 0.1) is 0 Å². The molecule has 0 radical (unpaired) electrons. The van der Waals surface area contributed by atoms with Crippen molar-refractivity contribution in [2.24, 2.45) is 5.73 Å². The number of amides is 1. The van der Waals surface area contributed by atoms with Crippen LogP contribution in [0.4, 0.5) is 0 Å². The van der Waals surface area contributed by atoms with Gasteiger partial charge in [-0.25, -0.2) is 0 Å². The Morgan fingerprint density at radius 2 is 2.18 bits per heavy atom. The fourth-order valence-corrected chi connectivity index (χ4v) is 1.98. The zero-order chi connectivity index (χ0) is 12.7. The molecule has 3 nitrogen and oxygen atoms in total. The van der Waals surface area contributed by atoms with E-state index in [1.54, 1.807) is 6.08 Å².